The summed E-state index contributed by atoms with van der Waals surface area (Å²) in [4.78, 5) is 20.8. The Morgan fingerprint density at radius 1 is 1.38 bits per heavy atom. The second-order valence-electron chi connectivity index (χ2n) is 4.92. The molecule has 0 bridgehead atoms. The van der Waals surface area contributed by atoms with Crippen LogP contribution in [0.5, 0.6) is 0 Å². The first-order valence-corrected chi connectivity index (χ1v) is 7.82. The largest absolute Gasteiger partial charge is 0.481 e. The molecule has 1 aliphatic heterocycles. The number of para-hydroxylation sites is 1. The monoisotopic (exact) mass is 314 g/mol. The first-order valence-electron chi connectivity index (χ1n) is 6.21. The van der Waals surface area contributed by atoms with Crippen LogP contribution in [0.4, 0.5) is 5.69 Å². The lowest BCUT2D eigenvalue weighted by atomic mass is 10.00. The minimum absolute atomic E-state index is 0.0719. The molecular formula is C12H14N2O6S. The molecule has 1 aliphatic rings. The summed E-state index contributed by atoms with van der Waals surface area (Å²) in [6.45, 7) is 0.296. The molecule has 8 nitrogen and oxygen atoms in total. The number of benzene rings is 1. The molecule has 0 unspecified atom stereocenters. The van der Waals surface area contributed by atoms with Crippen LogP contribution >= 0.6 is 0 Å². The molecule has 0 amide bonds. The molecule has 0 saturated carbocycles. The summed E-state index contributed by atoms with van der Waals surface area (Å²) in [6.07, 6.45) is -0.0719. The summed E-state index contributed by atoms with van der Waals surface area (Å²) in [5.41, 5.74) is -0.104. The van der Waals surface area contributed by atoms with E-state index in [0.717, 1.165) is 4.31 Å². The summed E-state index contributed by atoms with van der Waals surface area (Å²) in [7, 11) is -3.67. The number of aliphatic carboxylic acids is 1. The number of sulfonamides is 1. The Labute approximate surface area is 121 Å². The van der Waals surface area contributed by atoms with Crippen LogP contribution in [0.25, 0.3) is 0 Å². The number of carboxylic acids is 1. The first-order chi connectivity index (χ1) is 9.79. The zero-order valence-corrected chi connectivity index (χ0v) is 11.8. The Hall–Kier alpha value is -2.00. The van der Waals surface area contributed by atoms with Crippen LogP contribution in [-0.2, 0) is 20.6 Å². The zero-order chi connectivity index (χ0) is 15.6. The van der Waals surface area contributed by atoms with Gasteiger partial charge < -0.3 is 5.11 Å². The molecule has 0 atom stereocenters. The van der Waals surface area contributed by atoms with Crippen molar-refractivity contribution in [1.29, 1.82) is 0 Å². The second kappa shape index (κ2) is 5.78. The van der Waals surface area contributed by atoms with Gasteiger partial charge in [0.15, 0.2) is 0 Å². The SMILES string of the molecule is O=C(O)CC1CN(S(=O)(=O)Cc2ccccc2[N+](=O)[O-])C1. The highest BCUT2D eigenvalue weighted by Gasteiger charge is 2.37. The van der Waals surface area contributed by atoms with Gasteiger partial charge in [0.2, 0.25) is 10.0 Å². The lowest BCUT2D eigenvalue weighted by Gasteiger charge is -2.37. The number of nitro benzene ring substituents is 1. The Kier molecular flexibility index (Phi) is 4.24. The van der Waals surface area contributed by atoms with E-state index in [1.165, 1.54) is 18.2 Å². The minimum Gasteiger partial charge on any atom is -0.481 e. The average molecular weight is 314 g/mol. The number of nitrogens with zero attached hydrogens (tertiary/aromatic N) is 2. The third-order valence-electron chi connectivity index (χ3n) is 3.31. The van der Waals surface area contributed by atoms with Gasteiger partial charge in [0, 0.05) is 24.7 Å². The predicted molar refractivity (Wildman–Crippen MR) is 73.0 cm³/mol. The number of carboxylic acid groups (broad SMARTS) is 1. The van der Waals surface area contributed by atoms with E-state index in [0.29, 0.717) is 0 Å². The van der Waals surface area contributed by atoms with Gasteiger partial charge in [-0.25, -0.2) is 12.7 Å². The maximum absolute atomic E-state index is 12.1. The fourth-order valence-electron chi connectivity index (χ4n) is 2.22. The lowest BCUT2D eigenvalue weighted by Crippen LogP contribution is -2.50. The van der Waals surface area contributed by atoms with Gasteiger partial charge in [-0.15, -0.1) is 0 Å². The molecule has 114 valence electrons. The van der Waals surface area contributed by atoms with E-state index >= 15 is 0 Å². The van der Waals surface area contributed by atoms with Gasteiger partial charge in [-0.1, -0.05) is 18.2 Å². The zero-order valence-electron chi connectivity index (χ0n) is 11.0. The molecule has 0 aliphatic carbocycles. The van der Waals surface area contributed by atoms with Crippen LogP contribution in [0.1, 0.15) is 12.0 Å². The molecule has 1 saturated heterocycles. The van der Waals surface area contributed by atoms with Crippen LogP contribution in [0, 0.1) is 16.0 Å². The topological polar surface area (TPSA) is 118 Å². The predicted octanol–water partition coefficient (Wildman–Crippen LogP) is 0.831. The Morgan fingerprint density at radius 2 is 2.00 bits per heavy atom. The minimum atomic E-state index is -3.67. The fourth-order valence-corrected chi connectivity index (χ4v) is 3.92. The second-order valence-corrected chi connectivity index (χ2v) is 6.89. The highest BCUT2D eigenvalue weighted by molar-refractivity contribution is 7.88. The van der Waals surface area contributed by atoms with Gasteiger partial charge >= 0.3 is 5.97 Å². The fraction of sp³-hybridized carbons (Fsp3) is 0.417. The van der Waals surface area contributed by atoms with E-state index in [1.807, 2.05) is 0 Å². The van der Waals surface area contributed by atoms with Gasteiger partial charge in [0.05, 0.1) is 17.1 Å². The molecule has 9 heteroatoms. The molecule has 1 fully saturated rings. The number of hydrogen-bond donors (Lipinski definition) is 1. The highest BCUT2D eigenvalue weighted by Crippen LogP contribution is 2.27. The van der Waals surface area contributed by atoms with Crippen molar-refractivity contribution in [2.45, 2.75) is 12.2 Å². The van der Waals surface area contributed by atoms with E-state index in [-0.39, 0.29) is 36.7 Å². The van der Waals surface area contributed by atoms with Crippen molar-refractivity contribution in [2.24, 2.45) is 5.92 Å². The summed E-state index contributed by atoms with van der Waals surface area (Å²) in [6, 6.07) is 5.68. The number of rotatable bonds is 6. The van der Waals surface area contributed by atoms with Crippen molar-refractivity contribution in [3.63, 3.8) is 0 Å². The van der Waals surface area contributed by atoms with Crippen LogP contribution in [-0.4, -0.2) is 41.8 Å². The van der Waals surface area contributed by atoms with Crippen LogP contribution in [0.3, 0.4) is 0 Å². The van der Waals surface area contributed by atoms with Crippen LogP contribution < -0.4 is 0 Å². The van der Waals surface area contributed by atoms with E-state index in [1.54, 1.807) is 6.07 Å². The summed E-state index contributed by atoms with van der Waals surface area (Å²) in [5.74, 6) is -1.61. The Bertz CT molecular complexity index is 666. The molecular weight excluding hydrogens is 300 g/mol. The third-order valence-corrected chi connectivity index (χ3v) is 5.07. The molecule has 2 rings (SSSR count). The first kappa shape index (κ1) is 15.4. The number of carbonyl (C=O) groups is 1. The van der Waals surface area contributed by atoms with E-state index in [9.17, 15) is 23.3 Å². The van der Waals surface area contributed by atoms with Gasteiger partial charge in [-0.2, -0.15) is 0 Å². The van der Waals surface area contributed by atoms with Crippen molar-refractivity contribution < 1.29 is 23.2 Å². The van der Waals surface area contributed by atoms with Gasteiger partial charge in [-0.05, 0) is 5.92 Å². The van der Waals surface area contributed by atoms with Crippen molar-refractivity contribution in [2.75, 3.05) is 13.1 Å². The maximum Gasteiger partial charge on any atom is 0.303 e. The maximum atomic E-state index is 12.1. The van der Waals surface area contributed by atoms with Crippen molar-refractivity contribution >= 4 is 21.7 Å². The van der Waals surface area contributed by atoms with Crippen molar-refractivity contribution in [3.05, 3.63) is 39.9 Å². The summed E-state index contributed by atoms with van der Waals surface area (Å²) in [5, 5.41) is 19.5. The van der Waals surface area contributed by atoms with Crippen LogP contribution in [0.2, 0.25) is 0 Å². The van der Waals surface area contributed by atoms with Crippen molar-refractivity contribution in [3.8, 4) is 0 Å². The number of nitro groups is 1. The normalized spacial score (nSPS) is 16.4. The summed E-state index contributed by atoms with van der Waals surface area (Å²) < 4.78 is 25.5. The summed E-state index contributed by atoms with van der Waals surface area (Å²) >= 11 is 0. The van der Waals surface area contributed by atoms with Crippen molar-refractivity contribution in [1.82, 2.24) is 4.31 Å². The van der Waals surface area contributed by atoms with Crippen LogP contribution in [0.15, 0.2) is 24.3 Å². The molecule has 21 heavy (non-hydrogen) atoms. The van der Waals surface area contributed by atoms with E-state index in [4.69, 9.17) is 5.11 Å². The Morgan fingerprint density at radius 3 is 2.57 bits per heavy atom. The van der Waals surface area contributed by atoms with Gasteiger partial charge in [0.1, 0.15) is 0 Å². The smallest absolute Gasteiger partial charge is 0.303 e. The van der Waals surface area contributed by atoms with E-state index < -0.39 is 26.7 Å². The standard InChI is InChI=1S/C12H14N2O6S/c15-12(16)5-9-6-13(7-9)21(19,20)8-10-3-1-2-4-11(10)14(17)18/h1-4,9H,5-8H2,(H,15,16). The molecule has 1 aromatic rings. The van der Waals surface area contributed by atoms with E-state index in [2.05, 4.69) is 0 Å². The Balaban J connectivity index is 2.06. The molecule has 0 radical (unpaired) electrons. The molecule has 1 heterocycles. The molecule has 0 spiro atoms. The van der Waals surface area contributed by atoms with Gasteiger partial charge in [-0.3, -0.25) is 14.9 Å². The average Bonchev–Trinajstić information content (AvgIpc) is 2.32. The highest BCUT2D eigenvalue weighted by atomic mass is 32.2. The molecule has 1 N–H and O–H groups in total. The molecule has 1 aromatic carbocycles. The third kappa shape index (κ3) is 3.56. The number of hydrogen-bond acceptors (Lipinski definition) is 5. The quantitative estimate of drug-likeness (QED) is 0.614. The lowest BCUT2D eigenvalue weighted by molar-refractivity contribution is -0.385. The molecule has 0 aromatic heterocycles. The van der Waals surface area contributed by atoms with Gasteiger partial charge in [0.25, 0.3) is 5.69 Å².